The van der Waals surface area contributed by atoms with Gasteiger partial charge in [-0.3, -0.25) is 0 Å². The highest BCUT2D eigenvalue weighted by molar-refractivity contribution is 6.13. The van der Waals surface area contributed by atoms with Crippen LogP contribution in [0.15, 0.2) is 0 Å². The van der Waals surface area contributed by atoms with Crippen molar-refractivity contribution in [1.82, 2.24) is 4.42 Å². The minimum atomic E-state index is 0.252. The predicted octanol–water partition coefficient (Wildman–Crippen LogP) is 2.01. The van der Waals surface area contributed by atoms with E-state index in [4.69, 9.17) is 11.8 Å². The van der Waals surface area contributed by atoms with Gasteiger partial charge in [-0.1, -0.05) is 0 Å². The van der Waals surface area contributed by atoms with Crippen LogP contribution in [0.1, 0.15) is 26.7 Å². The van der Waals surface area contributed by atoms with Crippen molar-refractivity contribution in [2.75, 3.05) is 6.54 Å². The fraction of sp³-hybridized carbons (Fsp3) is 1.00. The molecule has 0 saturated carbocycles. The van der Waals surface area contributed by atoms with Crippen LogP contribution in [0.3, 0.4) is 0 Å². The maximum Gasteiger partial charge on any atom is 0.0306 e. The van der Waals surface area contributed by atoms with E-state index in [0.717, 1.165) is 6.54 Å². The van der Waals surface area contributed by atoms with Gasteiger partial charge in [-0.05, 0) is 38.5 Å². The topological polar surface area (TPSA) is 3.24 Å². The Morgan fingerprint density at radius 1 is 1.50 bits per heavy atom. The first kappa shape index (κ1) is 6.37. The zero-order chi connectivity index (χ0) is 6.20. The summed E-state index contributed by atoms with van der Waals surface area (Å²) in [5.74, 6) is 0. The average Bonchev–Trinajstić information content (AvgIpc) is 1.86. The molecule has 0 amide bonds. The second-order valence-electron chi connectivity index (χ2n) is 3.00. The van der Waals surface area contributed by atoms with Crippen LogP contribution in [0.4, 0.5) is 0 Å². The van der Waals surface area contributed by atoms with Gasteiger partial charge in [-0.15, -0.1) is 0 Å². The number of nitrogens with zero attached hydrogens (tertiary/aromatic N) is 1. The minimum Gasteiger partial charge on any atom is -0.215 e. The van der Waals surface area contributed by atoms with Crippen molar-refractivity contribution in [3.05, 3.63) is 0 Å². The van der Waals surface area contributed by atoms with Gasteiger partial charge in [-0.2, -0.15) is 0 Å². The predicted molar refractivity (Wildman–Crippen MR) is 35.9 cm³/mol. The van der Waals surface area contributed by atoms with Gasteiger partial charge in [0.15, 0.2) is 0 Å². The molecular formula is C6H12ClN. The number of hydrogen-bond donors (Lipinski definition) is 0. The summed E-state index contributed by atoms with van der Waals surface area (Å²) in [4.78, 5) is 0. The van der Waals surface area contributed by atoms with Gasteiger partial charge in [0, 0.05) is 12.1 Å². The molecule has 8 heavy (non-hydrogen) atoms. The smallest absolute Gasteiger partial charge is 0.0306 e. The van der Waals surface area contributed by atoms with E-state index in [1.54, 1.807) is 0 Å². The summed E-state index contributed by atoms with van der Waals surface area (Å²) in [6, 6.07) is 0. The SMILES string of the molecule is CC1(C)CCCN1Cl. The van der Waals surface area contributed by atoms with Crippen LogP contribution in [0.25, 0.3) is 0 Å². The molecule has 0 N–H and O–H groups in total. The molecule has 0 aromatic carbocycles. The summed E-state index contributed by atoms with van der Waals surface area (Å²) in [7, 11) is 0. The second kappa shape index (κ2) is 1.89. The molecule has 1 nitrogen and oxygen atoms in total. The molecular weight excluding hydrogens is 122 g/mol. The molecule has 1 aliphatic heterocycles. The molecule has 1 aliphatic rings. The van der Waals surface area contributed by atoms with Crippen molar-refractivity contribution in [2.45, 2.75) is 32.2 Å². The van der Waals surface area contributed by atoms with E-state index < -0.39 is 0 Å². The van der Waals surface area contributed by atoms with Gasteiger partial charge in [0.25, 0.3) is 0 Å². The second-order valence-corrected chi connectivity index (χ2v) is 3.41. The van der Waals surface area contributed by atoms with Crippen molar-refractivity contribution in [3.8, 4) is 0 Å². The van der Waals surface area contributed by atoms with Crippen LogP contribution in [0.2, 0.25) is 0 Å². The van der Waals surface area contributed by atoms with Gasteiger partial charge in [0.05, 0.1) is 0 Å². The number of halogens is 1. The van der Waals surface area contributed by atoms with Crippen molar-refractivity contribution in [3.63, 3.8) is 0 Å². The van der Waals surface area contributed by atoms with Crippen LogP contribution in [-0.4, -0.2) is 16.5 Å². The molecule has 0 radical (unpaired) electrons. The third-order valence-electron chi connectivity index (χ3n) is 1.80. The Bertz CT molecular complexity index is 90.5. The van der Waals surface area contributed by atoms with Gasteiger partial charge in [-0.25, -0.2) is 4.42 Å². The Morgan fingerprint density at radius 2 is 2.12 bits per heavy atom. The first-order valence-corrected chi connectivity index (χ1v) is 3.40. The Morgan fingerprint density at radius 3 is 2.25 bits per heavy atom. The van der Waals surface area contributed by atoms with Crippen molar-refractivity contribution in [1.29, 1.82) is 0 Å². The lowest BCUT2D eigenvalue weighted by molar-refractivity contribution is 0.307. The molecule has 1 rings (SSSR count). The molecule has 0 atom stereocenters. The largest absolute Gasteiger partial charge is 0.215 e. The Balaban J connectivity index is 2.54. The first-order chi connectivity index (χ1) is 3.63. The third kappa shape index (κ3) is 0.981. The standard InChI is InChI=1S/C6H12ClN/c1-6(2)4-3-5-8(6)7/h3-5H2,1-2H3. The van der Waals surface area contributed by atoms with Crippen LogP contribution in [-0.2, 0) is 0 Å². The summed E-state index contributed by atoms with van der Waals surface area (Å²) in [6.45, 7) is 5.40. The molecule has 1 heterocycles. The van der Waals surface area contributed by atoms with Gasteiger partial charge in [0.2, 0.25) is 0 Å². The summed E-state index contributed by atoms with van der Waals surface area (Å²) in [5, 5.41) is 0. The van der Waals surface area contributed by atoms with Gasteiger partial charge >= 0.3 is 0 Å². The van der Waals surface area contributed by atoms with E-state index in [1.807, 2.05) is 4.42 Å². The molecule has 48 valence electrons. The highest BCUT2D eigenvalue weighted by Gasteiger charge is 2.30. The molecule has 0 aromatic heterocycles. The normalized spacial score (nSPS) is 28.9. The third-order valence-corrected chi connectivity index (χ3v) is 2.43. The molecule has 0 unspecified atom stereocenters. The van der Waals surface area contributed by atoms with Gasteiger partial charge < -0.3 is 0 Å². The lowest BCUT2D eigenvalue weighted by atomic mass is 10.0. The Hall–Kier alpha value is 0.250. The lowest BCUT2D eigenvalue weighted by Gasteiger charge is -2.23. The van der Waals surface area contributed by atoms with E-state index in [0.29, 0.717) is 0 Å². The monoisotopic (exact) mass is 133 g/mol. The molecule has 0 spiro atoms. The fourth-order valence-corrected chi connectivity index (χ4v) is 1.28. The number of rotatable bonds is 0. The average molecular weight is 134 g/mol. The number of hydrogen-bond acceptors (Lipinski definition) is 1. The summed E-state index contributed by atoms with van der Waals surface area (Å²) in [5.41, 5.74) is 0.252. The molecule has 0 aromatic rings. The zero-order valence-corrected chi connectivity index (χ0v) is 6.20. The van der Waals surface area contributed by atoms with Crippen molar-refractivity contribution < 1.29 is 0 Å². The highest BCUT2D eigenvalue weighted by Crippen LogP contribution is 2.29. The van der Waals surface area contributed by atoms with E-state index in [9.17, 15) is 0 Å². The fourth-order valence-electron chi connectivity index (χ4n) is 1.07. The Kier molecular flexibility index (Phi) is 1.50. The van der Waals surface area contributed by atoms with E-state index in [2.05, 4.69) is 13.8 Å². The molecule has 1 fully saturated rings. The zero-order valence-electron chi connectivity index (χ0n) is 5.45. The van der Waals surface area contributed by atoms with Gasteiger partial charge in [0.1, 0.15) is 0 Å². The van der Waals surface area contributed by atoms with E-state index in [-0.39, 0.29) is 5.54 Å². The highest BCUT2D eigenvalue weighted by atomic mass is 35.5. The van der Waals surface area contributed by atoms with Crippen LogP contribution in [0, 0.1) is 0 Å². The molecule has 1 saturated heterocycles. The molecule has 0 aliphatic carbocycles. The maximum atomic E-state index is 5.84. The lowest BCUT2D eigenvalue weighted by Crippen LogP contribution is -2.29. The van der Waals surface area contributed by atoms with E-state index >= 15 is 0 Å². The van der Waals surface area contributed by atoms with Crippen LogP contribution < -0.4 is 0 Å². The first-order valence-electron chi connectivity index (χ1n) is 3.06. The summed E-state index contributed by atoms with van der Waals surface area (Å²) < 4.78 is 1.90. The summed E-state index contributed by atoms with van der Waals surface area (Å²) in [6.07, 6.45) is 2.48. The molecule has 0 bridgehead atoms. The van der Waals surface area contributed by atoms with E-state index in [1.165, 1.54) is 12.8 Å². The summed E-state index contributed by atoms with van der Waals surface area (Å²) >= 11 is 5.84. The Labute approximate surface area is 55.7 Å². The minimum absolute atomic E-state index is 0.252. The van der Waals surface area contributed by atoms with Crippen molar-refractivity contribution >= 4 is 11.8 Å². The quantitative estimate of drug-likeness (QED) is 0.457. The van der Waals surface area contributed by atoms with Crippen molar-refractivity contribution in [2.24, 2.45) is 0 Å². The van der Waals surface area contributed by atoms with Crippen LogP contribution >= 0.6 is 11.8 Å². The van der Waals surface area contributed by atoms with Crippen LogP contribution in [0.5, 0.6) is 0 Å². The maximum absolute atomic E-state index is 5.84. The molecule has 2 heteroatoms.